The van der Waals surface area contributed by atoms with Gasteiger partial charge in [-0.1, -0.05) is 6.08 Å². The third-order valence-electron chi connectivity index (χ3n) is 2.05. The minimum atomic E-state index is 0.566. The quantitative estimate of drug-likeness (QED) is 0.494. The lowest BCUT2D eigenvalue weighted by molar-refractivity contribution is 0.109. The lowest BCUT2D eigenvalue weighted by atomic mass is 9.93. The summed E-state index contributed by atoms with van der Waals surface area (Å²) in [6, 6.07) is 0. The second-order valence-electron chi connectivity index (χ2n) is 2.76. The summed E-state index contributed by atoms with van der Waals surface area (Å²) < 4.78 is 5.22. The molecule has 0 aromatic heterocycles. The van der Waals surface area contributed by atoms with E-state index in [1.165, 1.54) is 18.6 Å². The number of hydrogen-bond donors (Lipinski definition) is 0. The fraction of sp³-hybridized carbons (Fsp3) is 0.625. The molecule has 2 aliphatic rings. The van der Waals surface area contributed by atoms with Crippen LogP contribution < -0.4 is 0 Å². The fourth-order valence-electron chi connectivity index (χ4n) is 1.45. The van der Waals surface area contributed by atoms with Gasteiger partial charge in [0.25, 0.3) is 0 Å². The van der Waals surface area contributed by atoms with Crippen molar-refractivity contribution >= 4 is 5.71 Å². The third kappa shape index (κ3) is 0.991. The Morgan fingerprint density at radius 3 is 3.50 bits per heavy atom. The molecule has 0 spiro atoms. The normalized spacial score (nSPS) is 31.2. The molecule has 1 aliphatic carbocycles. The van der Waals surface area contributed by atoms with Gasteiger partial charge in [0.1, 0.15) is 6.73 Å². The average Bonchev–Trinajstić information content (AvgIpc) is 2.05. The van der Waals surface area contributed by atoms with E-state index in [0.29, 0.717) is 12.6 Å². The van der Waals surface area contributed by atoms with Crippen LogP contribution in [0.1, 0.15) is 12.8 Å². The number of ether oxygens (including phenoxy) is 1. The maximum absolute atomic E-state index is 5.22. The molecule has 54 valence electrons. The van der Waals surface area contributed by atoms with E-state index < -0.39 is 0 Å². The molecule has 0 fully saturated rings. The van der Waals surface area contributed by atoms with Crippen LogP contribution in [-0.4, -0.2) is 19.0 Å². The largest absolute Gasteiger partial charge is 0.359 e. The lowest BCUT2D eigenvalue weighted by Crippen LogP contribution is -2.25. The van der Waals surface area contributed by atoms with E-state index in [-0.39, 0.29) is 0 Å². The number of aliphatic imine (C=N–C) groups is 1. The van der Waals surface area contributed by atoms with E-state index in [2.05, 4.69) is 17.1 Å². The summed E-state index contributed by atoms with van der Waals surface area (Å²) >= 11 is 0. The van der Waals surface area contributed by atoms with Crippen molar-refractivity contribution in [1.82, 2.24) is 0 Å². The molecule has 2 nitrogen and oxygen atoms in total. The summed E-state index contributed by atoms with van der Waals surface area (Å²) in [7, 11) is 0. The van der Waals surface area contributed by atoms with Crippen LogP contribution in [0.25, 0.3) is 0 Å². The van der Waals surface area contributed by atoms with E-state index in [9.17, 15) is 0 Å². The fourth-order valence-corrected chi connectivity index (χ4v) is 1.45. The Morgan fingerprint density at radius 1 is 1.60 bits per heavy atom. The van der Waals surface area contributed by atoms with E-state index in [0.717, 1.165) is 6.61 Å². The Hall–Kier alpha value is -0.630. The highest BCUT2D eigenvalue weighted by Crippen LogP contribution is 2.19. The van der Waals surface area contributed by atoms with E-state index in [4.69, 9.17) is 4.74 Å². The van der Waals surface area contributed by atoms with Crippen molar-refractivity contribution in [3.8, 4) is 0 Å². The van der Waals surface area contributed by atoms with Crippen molar-refractivity contribution in [3.63, 3.8) is 0 Å². The van der Waals surface area contributed by atoms with Gasteiger partial charge in [0.15, 0.2) is 0 Å². The Labute approximate surface area is 60.6 Å². The number of rotatable bonds is 0. The van der Waals surface area contributed by atoms with E-state index in [1.54, 1.807) is 0 Å². The first-order valence-electron chi connectivity index (χ1n) is 3.75. The maximum Gasteiger partial charge on any atom is 0.137 e. The van der Waals surface area contributed by atoms with Crippen LogP contribution in [0.15, 0.2) is 17.1 Å². The summed E-state index contributed by atoms with van der Waals surface area (Å²) in [6.45, 7) is 1.44. The molecule has 0 amide bonds. The second kappa shape index (κ2) is 2.54. The predicted octanol–water partition coefficient (Wildman–Crippen LogP) is 1.38. The van der Waals surface area contributed by atoms with Crippen molar-refractivity contribution in [1.29, 1.82) is 0 Å². The summed E-state index contributed by atoms with van der Waals surface area (Å²) in [5.41, 5.74) is 1.25. The molecule has 10 heavy (non-hydrogen) atoms. The van der Waals surface area contributed by atoms with Gasteiger partial charge in [0, 0.05) is 11.6 Å². The molecule has 0 saturated carbocycles. The van der Waals surface area contributed by atoms with Gasteiger partial charge in [-0.3, -0.25) is 4.99 Å². The Morgan fingerprint density at radius 2 is 2.60 bits per heavy atom. The number of allylic oxidation sites excluding steroid dienone is 2. The third-order valence-corrected chi connectivity index (χ3v) is 2.05. The van der Waals surface area contributed by atoms with Crippen LogP contribution in [-0.2, 0) is 4.74 Å². The zero-order valence-electron chi connectivity index (χ0n) is 5.92. The van der Waals surface area contributed by atoms with Crippen LogP contribution >= 0.6 is 0 Å². The monoisotopic (exact) mass is 137 g/mol. The number of fused-ring (bicyclic) bond motifs is 1. The topological polar surface area (TPSA) is 21.6 Å². The van der Waals surface area contributed by atoms with Crippen LogP contribution in [0.3, 0.4) is 0 Å². The molecule has 0 N–H and O–H groups in total. The molecule has 1 unspecified atom stereocenters. The minimum absolute atomic E-state index is 0.566. The highest BCUT2D eigenvalue weighted by atomic mass is 16.5. The molecule has 0 aromatic rings. The molecule has 0 saturated heterocycles. The molecule has 0 radical (unpaired) electrons. The van der Waals surface area contributed by atoms with Crippen molar-refractivity contribution in [2.45, 2.75) is 12.8 Å². The van der Waals surface area contributed by atoms with E-state index >= 15 is 0 Å². The highest BCUT2D eigenvalue weighted by molar-refractivity contribution is 5.97. The SMILES string of the molecule is C1=CC2=NCOCC2CC1. The molecular formula is C8H11NO. The van der Waals surface area contributed by atoms with Crippen LogP contribution in [0, 0.1) is 5.92 Å². The first-order valence-corrected chi connectivity index (χ1v) is 3.75. The molecule has 0 aromatic carbocycles. The zero-order valence-corrected chi connectivity index (χ0v) is 5.92. The summed E-state index contributed by atoms with van der Waals surface area (Å²) in [5, 5.41) is 0. The van der Waals surface area contributed by atoms with Gasteiger partial charge in [-0.15, -0.1) is 0 Å². The first-order chi connectivity index (χ1) is 4.97. The first kappa shape index (κ1) is 6.10. The van der Waals surface area contributed by atoms with Crippen molar-refractivity contribution in [2.24, 2.45) is 10.9 Å². The van der Waals surface area contributed by atoms with Crippen LogP contribution in [0.4, 0.5) is 0 Å². The average molecular weight is 137 g/mol. The van der Waals surface area contributed by atoms with Gasteiger partial charge >= 0.3 is 0 Å². The van der Waals surface area contributed by atoms with Crippen LogP contribution in [0.2, 0.25) is 0 Å². The summed E-state index contributed by atoms with van der Waals surface area (Å²) in [4.78, 5) is 4.26. The summed E-state index contributed by atoms with van der Waals surface area (Å²) in [5.74, 6) is 0.596. The van der Waals surface area contributed by atoms with Crippen molar-refractivity contribution < 1.29 is 4.74 Å². The zero-order chi connectivity index (χ0) is 6.81. The Bertz CT molecular complexity index is 184. The standard InChI is InChI=1S/C8H11NO/c1-2-4-8-7(3-1)5-10-6-9-8/h2,4,7H,1,3,5-6H2. The molecule has 1 heterocycles. The second-order valence-corrected chi connectivity index (χ2v) is 2.76. The number of nitrogens with zero attached hydrogens (tertiary/aromatic N) is 1. The molecule has 0 bridgehead atoms. The Kier molecular flexibility index (Phi) is 1.55. The van der Waals surface area contributed by atoms with Gasteiger partial charge < -0.3 is 4.74 Å². The molecule has 1 atom stereocenters. The minimum Gasteiger partial charge on any atom is -0.359 e. The smallest absolute Gasteiger partial charge is 0.137 e. The van der Waals surface area contributed by atoms with Gasteiger partial charge in [0.05, 0.1) is 6.61 Å². The molecular weight excluding hydrogens is 126 g/mol. The summed E-state index contributed by atoms with van der Waals surface area (Å²) in [6.07, 6.45) is 6.74. The van der Waals surface area contributed by atoms with Gasteiger partial charge in [-0.25, -0.2) is 0 Å². The predicted molar refractivity (Wildman–Crippen MR) is 40.1 cm³/mol. The van der Waals surface area contributed by atoms with Gasteiger partial charge in [0.2, 0.25) is 0 Å². The molecule has 1 aliphatic heterocycles. The van der Waals surface area contributed by atoms with Crippen LogP contribution in [0.5, 0.6) is 0 Å². The number of hydrogen-bond acceptors (Lipinski definition) is 2. The highest BCUT2D eigenvalue weighted by Gasteiger charge is 2.19. The molecule has 2 heteroatoms. The van der Waals surface area contributed by atoms with E-state index in [1.807, 2.05) is 0 Å². The maximum atomic E-state index is 5.22. The Balaban J connectivity index is 2.21. The van der Waals surface area contributed by atoms with Gasteiger partial charge in [-0.2, -0.15) is 0 Å². The van der Waals surface area contributed by atoms with Crippen molar-refractivity contribution in [3.05, 3.63) is 12.2 Å². The van der Waals surface area contributed by atoms with Crippen molar-refractivity contribution in [2.75, 3.05) is 13.3 Å². The molecule has 2 rings (SSSR count). The lowest BCUT2D eigenvalue weighted by Gasteiger charge is -2.23. The van der Waals surface area contributed by atoms with Gasteiger partial charge in [-0.05, 0) is 18.9 Å².